The molecule has 0 saturated heterocycles. The summed E-state index contributed by atoms with van der Waals surface area (Å²) >= 11 is 0. The molecule has 0 aliphatic rings. The minimum Gasteiger partial charge on any atom is -0.492 e. The first kappa shape index (κ1) is 19.0. The third-order valence-corrected chi connectivity index (χ3v) is 4.54. The van der Waals surface area contributed by atoms with E-state index in [2.05, 4.69) is 12.1 Å². The minimum atomic E-state index is 0.0265. The number of hydrogen-bond acceptors (Lipinski definition) is 4. The number of hydrogen-bond donors (Lipinski definition) is 1. The summed E-state index contributed by atoms with van der Waals surface area (Å²) in [5.74, 6) is 1.38. The van der Waals surface area contributed by atoms with E-state index in [9.17, 15) is 5.11 Å². The van der Waals surface area contributed by atoms with Gasteiger partial charge in [0.25, 0.3) is 0 Å². The Bertz CT molecular complexity index is 884. The zero-order chi connectivity index (χ0) is 19.2. The molecular weight excluding hydrogens is 340 g/mol. The highest BCUT2D eigenvalue weighted by Crippen LogP contribution is 2.44. The third-order valence-electron chi connectivity index (χ3n) is 4.54. The third kappa shape index (κ3) is 3.97. The van der Waals surface area contributed by atoms with E-state index in [1.165, 1.54) is 0 Å². The molecule has 27 heavy (non-hydrogen) atoms. The maximum Gasteiger partial charge on any atom is 0.169 e. The van der Waals surface area contributed by atoms with Crippen LogP contribution < -0.4 is 9.47 Å². The summed E-state index contributed by atoms with van der Waals surface area (Å²) in [5.41, 5.74) is 5.95. The molecule has 0 radical (unpaired) electrons. The fourth-order valence-electron chi connectivity index (χ4n) is 3.16. The molecule has 3 aromatic rings. The van der Waals surface area contributed by atoms with Gasteiger partial charge in [0.2, 0.25) is 0 Å². The van der Waals surface area contributed by atoms with Gasteiger partial charge in [-0.3, -0.25) is 0 Å². The van der Waals surface area contributed by atoms with E-state index >= 15 is 0 Å². The van der Waals surface area contributed by atoms with Crippen molar-refractivity contribution in [2.75, 3.05) is 21.3 Å². The largest absolute Gasteiger partial charge is 0.492 e. The Morgan fingerprint density at radius 2 is 1.07 bits per heavy atom. The van der Waals surface area contributed by atoms with Crippen LogP contribution in [0.1, 0.15) is 11.1 Å². The van der Waals surface area contributed by atoms with Crippen molar-refractivity contribution < 1.29 is 19.3 Å². The summed E-state index contributed by atoms with van der Waals surface area (Å²) in [6.07, 6.45) is 0. The molecule has 0 aliphatic carbocycles. The van der Waals surface area contributed by atoms with Crippen LogP contribution in [0.25, 0.3) is 22.3 Å². The van der Waals surface area contributed by atoms with Crippen LogP contribution in [0.15, 0.2) is 60.7 Å². The summed E-state index contributed by atoms with van der Waals surface area (Å²) in [7, 11) is 4.99. The fraction of sp³-hybridized carbons (Fsp3) is 0.217. The summed E-state index contributed by atoms with van der Waals surface area (Å²) in [6, 6.07) is 20.1. The van der Waals surface area contributed by atoms with E-state index in [0.717, 1.165) is 33.4 Å². The van der Waals surface area contributed by atoms with E-state index in [1.54, 1.807) is 21.3 Å². The lowest BCUT2D eigenvalue weighted by Gasteiger charge is -2.17. The van der Waals surface area contributed by atoms with Crippen LogP contribution in [0, 0.1) is 0 Å². The number of ether oxygens (including phenoxy) is 3. The standard InChI is InChI=1S/C23H24O4/c1-25-15-17-6-10-19(11-7-17)21-13-12-20(22(26-2)23(21)27-3)18-8-4-16(14-24)5-9-18/h4-13,24H,14-15H2,1-3H3. The highest BCUT2D eigenvalue weighted by Gasteiger charge is 2.17. The van der Waals surface area contributed by atoms with Crippen molar-refractivity contribution in [2.45, 2.75) is 13.2 Å². The van der Waals surface area contributed by atoms with Crippen LogP contribution in [-0.4, -0.2) is 26.4 Å². The average molecular weight is 364 g/mol. The topological polar surface area (TPSA) is 47.9 Å². The lowest BCUT2D eigenvalue weighted by atomic mass is 9.96. The average Bonchev–Trinajstić information content (AvgIpc) is 2.73. The molecule has 0 aromatic heterocycles. The van der Waals surface area contributed by atoms with Crippen LogP contribution >= 0.6 is 0 Å². The molecule has 0 heterocycles. The fourth-order valence-corrected chi connectivity index (χ4v) is 3.16. The molecule has 0 unspecified atom stereocenters. The van der Waals surface area contributed by atoms with Gasteiger partial charge in [0.1, 0.15) is 0 Å². The Balaban J connectivity index is 2.06. The van der Waals surface area contributed by atoms with Crippen molar-refractivity contribution in [1.29, 1.82) is 0 Å². The van der Waals surface area contributed by atoms with Crippen molar-refractivity contribution in [1.82, 2.24) is 0 Å². The van der Waals surface area contributed by atoms with Gasteiger partial charge in [-0.15, -0.1) is 0 Å². The van der Waals surface area contributed by atoms with Gasteiger partial charge < -0.3 is 19.3 Å². The lowest BCUT2D eigenvalue weighted by molar-refractivity contribution is 0.185. The SMILES string of the molecule is COCc1ccc(-c2ccc(-c3ccc(CO)cc3)c(OC)c2OC)cc1. The Labute approximate surface area is 160 Å². The summed E-state index contributed by atoms with van der Waals surface area (Å²) in [4.78, 5) is 0. The molecule has 3 aromatic carbocycles. The molecule has 0 spiro atoms. The molecule has 0 bridgehead atoms. The quantitative estimate of drug-likeness (QED) is 0.661. The smallest absolute Gasteiger partial charge is 0.169 e. The Hall–Kier alpha value is -2.82. The monoisotopic (exact) mass is 364 g/mol. The predicted octanol–water partition coefficient (Wildman–Crippen LogP) is 4.68. The normalized spacial score (nSPS) is 10.7. The Morgan fingerprint density at radius 1 is 0.630 bits per heavy atom. The van der Waals surface area contributed by atoms with Crippen LogP contribution in [0.4, 0.5) is 0 Å². The molecule has 0 atom stereocenters. The van der Waals surface area contributed by atoms with E-state index in [4.69, 9.17) is 14.2 Å². The van der Waals surface area contributed by atoms with Gasteiger partial charge in [0.05, 0.1) is 27.4 Å². The van der Waals surface area contributed by atoms with Crippen molar-refractivity contribution >= 4 is 0 Å². The van der Waals surface area contributed by atoms with E-state index < -0.39 is 0 Å². The van der Waals surface area contributed by atoms with Crippen molar-refractivity contribution in [3.05, 3.63) is 71.8 Å². The van der Waals surface area contributed by atoms with Crippen LogP contribution in [0.5, 0.6) is 11.5 Å². The number of aliphatic hydroxyl groups excluding tert-OH is 1. The number of methoxy groups -OCH3 is 3. The van der Waals surface area contributed by atoms with Gasteiger partial charge in [-0.05, 0) is 34.4 Å². The first-order valence-corrected chi connectivity index (χ1v) is 8.75. The van der Waals surface area contributed by atoms with Gasteiger partial charge in [-0.25, -0.2) is 0 Å². The molecule has 140 valence electrons. The molecule has 0 saturated carbocycles. The summed E-state index contributed by atoms with van der Waals surface area (Å²) < 4.78 is 16.6. The van der Waals surface area contributed by atoms with Gasteiger partial charge in [0.15, 0.2) is 11.5 Å². The lowest BCUT2D eigenvalue weighted by Crippen LogP contribution is -1.97. The molecular formula is C23H24O4. The number of rotatable bonds is 7. The van der Waals surface area contributed by atoms with Crippen LogP contribution in [0.3, 0.4) is 0 Å². The van der Waals surface area contributed by atoms with E-state index in [1.807, 2.05) is 48.5 Å². The van der Waals surface area contributed by atoms with Crippen molar-refractivity contribution in [3.8, 4) is 33.8 Å². The Morgan fingerprint density at radius 3 is 1.44 bits per heavy atom. The van der Waals surface area contributed by atoms with E-state index in [0.29, 0.717) is 18.1 Å². The zero-order valence-electron chi connectivity index (χ0n) is 15.9. The summed E-state index contributed by atoms with van der Waals surface area (Å²) in [6.45, 7) is 0.613. The second-order valence-corrected chi connectivity index (χ2v) is 6.21. The second kappa shape index (κ2) is 8.71. The summed E-state index contributed by atoms with van der Waals surface area (Å²) in [5, 5.41) is 9.25. The Kier molecular flexibility index (Phi) is 6.12. The first-order chi connectivity index (χ1) is 13.2. The molecule has 3 rings (SSSR count). The molecule has 4 heteroatoms. The van der Waals surface area contributed by atoms with Crippen molar-refractivity contribution in [3.63, 3.8) is 0 Å². The zero-order valence-corrected chi connectivity index (χ0v) is 15.9. The van der Waals surface area contributed by atoms with Gasteiger partial charge in [0, 0.05) is 18.2 Å². The maximum absolute atomic E-state index is 9.25. The van der Waals surface area contributed by atoms with Crippen LogP contribution in [0.2, 0.25) is 0 Å². The van der Waals surface area contributed by atoms with Crippen LogP contribution in [-0.2, 0) is 18.0 Å². The van der Waals surface area contributed by atoms with Gasteiger partial charge in [-0.2, -0.15) is 0 Å². The maximum atomic E-state index is 9.25. The second-order valence-electron chi connectivity index (χ2n) is 6.21. The predicted molar refractivity (Wildman–Crippen MR) is 107 cm³/mol. The molecule has 0 fully saturated rings. The highest BCUT2D eigenvalue weighted by atomic mass is 16.5. The highest BCUT2D eigenvalue weighted by molar-refractivity contribution is 5.83. The molecule has 1 N–H and O–H groups in total. The van der Waals surface area contributed by atoms with Gasteiger partial charge in [-0.1, -0.05) is 48.5 Å². The number of aliphatic hydroxyl groups is 1. The molecule has 0 amide bonds. The van der Waals surface area contributed by atoms with Crippen molar-refractivity contribution in [2.24, 2.45) is 0 Å². The minimum absolute atomic E-state index is 0.0265. The van der Waals surface area contributed by atoms with Gasteiger partial charge >= 0.3 is 0 Å². The van der Waals surface area contributed by atoms with E-state index in [-0.39, 0.29) is 6.61 Å². The molecule has 4 nitrogen and oxygen atoms in total. The molecule has 0 aliphatic heterocycles. The number of benzene rings is 3. The first-order valence-electron chi connectivity index (χ1n) is 8.75.